The summed E-state index contributed by atoms with van der Waals surface area (Å²) in [6, 6.07) is 0.380. The number of hydrogen-bond acceptors (Lipinski definition) is 1. The van der Waals surface area contributed by atoms with Crippen LogP contribution in [-0.4, -0.2) is 6.04 Å². The Bertz CT molecular complexity index is 810. The molecule has 29 heavy (non-hydrogen) atoms. The maximum Gasteiger partial charge on any atom is 0.0451 e. The van der Waals surface area contributed by atoms with Crippen molar-refractivity contribution < 1.29 is 0 Å². The van der Waals surface area contributed by atoms with Crippen LogP contribution >= 0.6 is 0 Å². The smallest absolute Gasteiger partial charge is 0.0451 e. The first-order valence-corrected chi connectivity index (χ1v) is 11.3. The first-order chi connectivity index (χ1) is 13.8. The molecule has 0 saturated heterocycles. The van der Waals surface area contributed by atoms with Gasteiger partial charge in [-0.3, -0.25) is 0 Å². The number of allylic oxidation sites excluding steroid dienone is 3. The van der Waals surface area contributed by atoms with Crippen molar-refractivity contribution in [2.75, 3.05) is 5.32 Å². The molecule has 0 aromatic heterocycles. The maximum absolute atomic E-state index is 4.55. The van der Waals surface area contributed by atoms with Crippen molar-refractivity contribution in [3.63, 3.8) is 0 Å². The number of unbranched alkanes of at least 4 members (excludes halogenated alkanes) is 2. The average molecular weight is 394 g/mol. The Morgan fingerprint density at radius 2 is 1.83 bits per heavy atom. The van der Waals surface area contributed by atoms with E-state index in [2.05, 4.69) is 65.4 Å². The molecule has 0 radical (unpaired) electrons. The van der Waals surface area contributed by atoms with Gasteiger partial charge in [-0.05, 0) is 86.9 Å². The van der Waals surface area contributed by atoms with Gasteiger partial charge >= 0.3 is 0 Å². The molecule has 2 rings (SSSR count). The van der Waals surface area contributed by atoms with Crippen molar-refractivity contribution >= 4 is 24.9 Å². The SMILES string of the molecule is C=CC.C=Cc1c(C2C=C(C)CCC2)c(=C)c(NC(C)C)c(CCCCC)c1=C. The number of hydrogen-bond donors (Lipinski definition) is 1. The van der Waals surface area contributed by atoms with Crippen LogP contribution in [0.1, 0.15) is 95.8 Å². The molecule has 0 heterocycles. The van der Waals surface area contributed by atoms with Gasteiger partial charge in [0.15, 0.2) is 0 Å². The summed E-state index contributed by atoms with van der Waals surface area (Å²) in [6.07, 6.45) is 14.6. The molecular formula is C28H43N. The van der Waals surface area contributed by atoms with Crippen molar-refractivity contribution in [2.45, 2.75) is 91.5 Å². The molecule has 0 fully saturated rings. The molecule has 1 aliphatic carbocycles. The zero-order valence-corrected chi connectivity index (χ0v) is 19.7. The first-order valence-electron chi connectivity index (χ1n) is 11.3. The molecule has 1 nitrogen and oxygen atoms in total. The van der Waals surface area contributed by atoms with E-state index in [0.29, 0.717) is 12.0 Å². The van der Waals surface area contributed by atoms with Crippen LogP contribution in [0.3, 0.4) is 0 Å². The Kier molecular flexibility index (Phi) is 10.8. The molecule has 0 bridgehead atoms. The van der Waals surface area contributed by atoms with Crippen LogP contribution in [0.2, 0.25) is 0 Å². The van der Waals surface area contributed by atoms with E-state index in [1.807, 2.05) is 13.0 Å². The summed E-state index contributed by atoms with van der Waals surface area (Å²) < 4.78 is 0. The second-order valence-corrected chi connectivity index (χ2v) is 8.52. The number of anilines is 1. The van der Waals surface area contributed by atoms with E-state index in [1.165, 1.54) is 66.5 Å². The Labute approximate surface area is 180 Å². The van der Waals surface area contributed by atoms with E-state index in [4.69, 9.17) is 0 Å². The van der Waals surface area contributed by atoms with Gasteiger partial charge in [0.2, 0.25) is 0 Å². The Balaban J connectivity index is 0.00000132. The van der Waals surface area contributed by atoms with Crippen LogP contribution in [0.15, 0.2) is 30.9 Å². The number of nitrogens with one attached hydrogen (secondary N) is 1. The molecule has 1 aliphatic rings. The third-order valence-corrected chi connectivity index (χ3v) is 5.52. The molecular weight excluding hydrogens is 350 g/mol. The minimum atomic E-state index is 0.380. The monoisotopic (exact) mass is 393 g/mol. The van der Waals surface area contributed by atoms with Crippen molar-refractivity contribution in [2.24, 2.45) is 0 Å². The largest absolute Gasteiger partial charge is 0.382 e. The topological polar surface area (TPSA) is 12.0 Å². The standard InChI is InChI=1S/C25H37N.C3H6/c1-8-10-11-15-23-19(6)22(9-2)24(20(7)25(23)26-17(3)4)21-14-12-13-18(5)16-21;1-3-2/h9,16-17,21,26H,2,6-8,10-15H2,1,3-5H3;3H,1H2,2H3. The summed E-state index contributed by atoms with van der Waals surface area (Å²) in [4.78, 5) is 0. The number of benzene rings is 1. The summed E-state index contributed by atoms with van der Waals surface area (Å²) in [7, 11) is 0. The maximum atomic E-state index is 4.55. The highest BCUT2D eigenvalue weighted by Crippen LogP contribution is 2.32. The van der Waals surface area contributed by atoms with Crippen LogP contribution in [-0.2, 0) is 6.42 Å². The molecule has 0 aliphatic heterocycles. The molecule has 0 spiro atoms. The molecule has 1 heteroatoms. The summed E-state index contributed by atoms with van der Waals surface area (Å²) in [5, 5.41) is 6.00. The molecule has 1 unspecified atom stereocenters. The lowest BCUT2D eigenvalue weighted by Gasteiger charge is -2.26. The zero-order valence-electron chi connectivity index (χ0n) is 19.7. The van der Waals surface area contributed by atoms with E-state index in [-0.39, 0.29) is 0 Å². The van der Waals surface area contributed by atoms with Crippen molar-refractivity contribution in [1.82, 2.24) is 0 Å². The predicted octanol–water partition coefficient (Wildman–Crippen LogP) is 7.11. The summed E-state index contributed by atoms with van der Waals surface area (Å²) >= 11 is 0. The van der Waals surface area contributed by atoms with E-state index in [1.54, 1.807) is 6.08 Å². The summed E-state index contributed by atoms with van der Waals surface area (Å²) in [6.45, 7) is 27.3. The average Bonchev–Trinajstić information content (AvgIpc) is 2.66. The lowest BCUT2D eigenvalue weighted by Crippen LogP contribution is -2.31. The minimum Gasteiger partial charge on any atom is -0.382 e. The predicted molar refractivity (Wildman–Crippen MR) is 135 cm³/mol. The second kappa shape index (κ2) is 12.5. The highest BCUT2D eigenvalue weighted by molar-refractivity contribution is 5.67. The molecule has 0 amide bonds. The van der Waals surface area contributed by atoms with Gasteiger partial charge in [0.25, 0.3) is 0 Å². The van der Waals surface area contributed by atoms with E-state index in [0.717, 1.165) is 16.9 Å². The molecule has 1 N–H and O–H groups in total. The van der Waals surface area contributed by atoms with Crippen molar-refractivity contribution in [3.8, 4) is 0 Å². The van der Waals surface area contributed by atoms with Gasteiger partial charge in [-0.2, -0.15) is 0 Å². The lowest BCUT2D eigenvalue weighted by molar-refractivity contribution is 0.629. The molecule has 0 saturated carbocycles. The van der Waals surface area contributed by atoms with Gasteiger partial charge in [-0.15, -0.1) is 6.58 Å². The van der Waals surface area contributed by atoms with E-state index >= 15 is 0 Å². The van der Waals surface area contributed by atoms with Crippen molar-refractivity contribution in [3.05, 3.63) is 58.0 Å². The molecule has 1 aromatic carbocycles. The van der Waals surface area contributed by atoms with Gasteiger partial charge in [0.05, 0.1) is 0 Å². The Morgan fingerprint density at radius 1 is 1.17 bits per heavy atom. The molecule has 160 valence electrons. The fourth-order valence-electron chi connectivity index (χ4n) is 4.24. The number of rotatable bonds is 8. The third-order valence-electron chi connectivity index (χ3n) is 5.52. The van der Waals surface area contributed by atoms with Gasteiger partial charge in [-0.1, -0.05) is 63.3 Å². The first kappa shape index (κ1) is 25.0. The summed E-state index contributed by atoms with van der Waals surface area (Å²) in [5.74, 6) is 0.433. The lowest BCUT2D eigenvalue weighted by atomic mass is 9.81. The van der Waals surface area contributed by atoms with Crippen LogP contribution in [0, 0.1) is 0 Å². The quantitative estimate of drug-likeness (QED) is 0.366. The van der Waals surface area contributed by atoms with Gasteiger partial charge < -0.3 is 5.32 Å². The minimum absolute atomic E-state index is 0.380. The van der Waals surface area contributed by atoms with E-state index < -0.39 is 0 Å². The van der Waals surface area contributed by atoms with Crippen LogP contribution in [0.25, 0.3) is 19.2 Å². The Hall–Kier alpha value is -2.02. The third kappa shape index (κ3) is 6.77. The highest BCUT2D eigenvalue weighted by atomic mass is 14.9. The molecule has 1 atom stereocenters. The van der Waals surface area contributed by atoms with Crippen molar-refractivity contribution in [1.29, 1.82) is 0 Å². The van der Waals surface area contributed by atoms with Crippen LogP contribution < -0.4 is 15.8 Å². The second-order valence-electron chi connectivity index (χ2n) is 8.52. The molecule has 1 aromatic rings. The Morgan fingerprint density at radius 3 is 2.34 bits per heavy atom. The van der Waals surface area contributed by atoms with E-state index in [9.17, 15) is 0 Å². The van der Waals surface area contributed by atoms with Gasteiger partial charge in [0.1, 0.15) is 0 Å². The normalized spacial score (nSPS) is 15.9. The summed E-state index contributed by atoms with van der Waals surface area (Å²) in [5.41, 5.74) is 6.61. The highest BCUT2D eigenvalue weighted by Gasteiger charge is 2.21. The van der Waals surface area contributed by atoms with Crippen LogP contribution in [0.5, 0.6) is 0 Å². The van der Waals surface area contributed by atoms with Gasteiger partial charge in [-0.25, -0.2) is 0 Å². The fourth-order valence-corrected chi connectivity index (χ4v) is 4.24. The fraction of sp³-hybridized carbons (Fsp3) is 0.500. The van der Waals surface area contributed by atoms with Gasteiger partial charge in [0, 0.05) is 17.6 Å². The zero-order chi connectivity index (χ0) is 22.0. The van der Waals surface area contributed by atoms with Crippen LogP contribution in [0.4, 0.5) is 5.69 Å².